The van der Waals surface area contributed by atoms with Crippen LogP contribution in [-0.2, 0) is 5.41 Å². The molecule has 0 amide bonds. The fourth-order valence-corrected chi connectivity index (χ4v) is 9.07. The van der Waals surface area contributed by atoms with Crippen LogP contribution in [0, 0.1) is 17.3 Å². The molecule has 5 aliphatic rings. The Morgan fingerprint density at radius 1 is 1.21 bits per heavy atom. The van der Waals surface area contributed by atoms with Crippen molar-refractivity contribution >= 4 is 5.69 Å². The molecule has 0 unspecified atom stereocenters. The Bertz CT molecular complexity index is 734. The fourth-order valence-electron chi connectivity index (χ4n) is 9.07. The molecule has 3 nitrogen and oxygen atoms in total. The van der Waals surface area contributed by atoms with Gasteiger partial charge in [0, 0.05) is 36.7 Å². The number of anilines is 1. The van der Waals surface area contributed by atoms with E-state index in [1.54, 1.807) is 5.56 Å². The molecule has 3 heteroatoms. The van der Waals surface area contributed by atoms with Crippen LogP contribution in [-0.4, -0.2) is 48.3 Å². The van der Waals surface area contributed by atoms with E-state index in [0.717, 1.165) is 0 Å². The van der Waals surface area contributed by atoms with E-state index < -0.39 is 0 Å². The van der Waals surface area contributed by atoms with Gasteiger partial charge in [0.15, 0.2) is 0 Å². The molecule has 0 aromatic heterocycles. The summed E-state index contributed by atoms with van der Waals surface area (Å²) in [4.78, 5) is 5.47. The van der Waals surface area contributed by atoms with Crippen molar-refractivity contribution in [1.82, 2.24) is 4.90 Å². The maximum atomic E-state index is 10.4. The minimum absolute atomic E-state index is 0.120. The molecule has 3 heterocycles. The first-order valence-corrected chi connectivity index (χ1v) is 9.83. The highest BCUT2D eigenvalue weighted by atomic mass is 16.3. The second-order valence-corrected chi connectivity index (χ2v) is 9.20. The second-order valence-electron chi connectivity index (χ2n) is 9.20. The average molecular weight is 324 g/mol. The van der Waals surface area contributed by atoms with Crippen molar-refractivity contribution < 1.29 is 5.11 Å². The van der Waals surface area contributed by atoms with Crippen molar-refractivity contribution in [2.75, 3.05) is 31.6 Å². The Hall–Kier alpha value is -1.06. The van der Waals surface area contributed by atoms with Crippen molar-refractivity contribution in [3.05, 3.63) is 29.8 Å². The van der Waals surface area contributed by atoms with E-state index >= 15 is 0 Å². The van der Waals surface area contributed by atoms with Gasteiger partial charge >= 0.3 is 0 Å². The summed E-state index contributed by atoms with van der Waals surface area (Å²) in [5.74, 6) is 1.08. The van der Waals surface area contributed by atoms with Gasteiger partial charge in [-0.15, -0.1) is 0 Å². The number of fused-ring (bicyclic) bond motifs is 1. The largest absolute Gasteiger partial charge is 0.396 e. The number of hydrogen-bond acceptors (Lipinski definition) is 3. The number of aliphatic hydroxyl groups is 1. The molecule has 2 saturated carbocycles. The lowest BCUT2D eigenvalue weighted by molar-refractivity contribution is -0.00343. The van der Waals surface area contributed by atoms with Crippen LogP contribution in [0.3, 0.4) is 0 Å². The molecule has 1 aromatic carbocycles. The van der Waals surface area contributed by atoms with Gasteiger partial charge in [-0.3, -0.25) is 4.90 Å². The van der Waals surface area contributed by atoms with Gasteiger partial charge in [0.25, 0.3) is 0 Å². The van der Waals surface area contributed by atoms with Gasteiger partial charge < -0.3 is 10.0 Å². The molecule has 3 spiro atoms. The number of likely N-dealkylation sites (N-methyl/N-ethyl adjacent to an activating group) is 1. The highest BCUT2D eigenvalue weighted by Crippen LogP contribution is 2.80. The van der Waals surface area contributed by atoms with Crippen LogP contribution in [0.15, 0.2) is 24.3 Å². The van der Waals surface area contributed by atoms with Crippen LogP contribution in [0.5, 0.6) is 0 Å². The monoisotopic (exact) mass is 324 g/mol. The molecule has 24 heavy (non-hydrogen) atoms. The molecule has 0 radical (unpaired) electrons. The molecule has 2 bridgehead atoms. The topological polar surface area (TPSA) is 26.7 Å². The van der Waals surface area contributed by atoms with Gasteiger partial charge in [-0.2, -0.15) is 0 Å². The minimum atomic E-state index is 0.120. The van der Waals surface area contributed by atoms with Crippen LogP contribution in [0.4, 0.5) is 5.69 Å². The fraction of sp³-hybridized carbons (Fsp3) is 0.714. The molecular formula is C21H28N2O. The van der Waals surface area contributed by atoms with Gasteiger partial charge in [0.1, 0.15) is 0 Å². The van der Waals surface area contributed by atoms with E-state index in [2.05, 4.69) is 48.0 Å². The Kier molecular flexibility index (Phi) is 2.37. The van der Waals surface area contributed by atoms with E-state index in [-0.39, 0.29) is 11.0 Å². The van der Waals surface area contributed by atoms with Crippen molar-refractivity contribution in [3.63, 3.8) is 0 Å². The molecule has 6 rings (SSSR count). The molecular weight excluding hydrogens is 296 g/mol. The number of piperidine rings is 1. The molecule has 6 atom stereocenters. The van der Waals surface area contributed by atoms with E-state index in [9.17, 15) is 5.11 Å². The maximum Gasteiger partial charge on any atom is 0.0593 e. The summed E-state index contributed by atoms with van der Waals surface area (Å²) < 4.78 is 0. The van der Waals surface area contributed by atoms with Crippen LogP contribution >= 0.6 is 0 Å². The zero-order valence-corrected chi connectivity index (χ0v) is 14.8. The molecule has 2 aliphatic carbocycles. The number of rotatable bonds is 1. The Morgan fingerprint density at radius 2 is 2.04 bits per heavy atom. The highest BCUT2D eigenvalue weighted by molar-refractivity contribution is 5.72. The molecule has 128 valence electrons. The lowest BCUT2D eigenvalue weighted by Gasteiger charge is -2.54. The summed E-state index contributed by atoms with van der Waals surface area (Å²) in [6, 6.07) is 9.86. The number of aliphatic hydroxyl groups excluding tert-OH is 1. The van der Waals surface area contributed by atoms with Crippen molar-refractivity contribution in [3.8, 4) is 0 Å². The molecule has 3 aliphatic heterocycles. The summed E-state index contributed by atoms with van der Waals surface area (Å²) in [5, 5.41) is 10.4. The maximum absolute atomic E-state index is 10.4. The smallest absolute Gasteiger partial charge is 0.0593 e. The van der Waals surface area contributed by atoms with Gasteiger partial charge in [-0.05, 0) is 61.7 Å². The first-order chi connectivity index (χ1) is 11.6. The Morgan fingerprint density at radius 3 is 2.88 bits per heavy atom. The van der Waals surface area contributed by atoms with E-state index in [4.69, 9.17) is 0 Å². The third kappa shape index (κ3) is 1.05. The predicted octanol–water partition coefficient (Wildman–Crippen LogP) is 2.63. The van der Waals surface area contributed by atoms with E-state index in [0.29, 0.717) is 29.9 Å². The summed E-state index contributed by atoms with van der Waals surface area (Å²) in [6.07, 6.45) is 5.22. The normalized spacial score (nSPS) is 51.0. The Labute approximate surface area is 144 Å². The zero-order chi connectivity index (χ0) is 16.3. The van der Waals surface area contributed by atoms with Crippen LogP contribution < -0.4 is 4.90 Å². The summed E-state index contributed by atoms with van der Waals surface area (Å²) in [5.41, 5.74) is 3.81. The highest BCUT2D eigenvalue weighted by Gasteiger charge is 2.85. The van der Waals surface area contributed by atoms with E-state index in [1.165, 1.54) is 44.5 Å². The second kappa shape index (κ2) is 4.02. The van der Waals surface area contributed by atoms with Crippen LogP contribution in [0.25, 0.3) is 0 Å². The third-order valence-corrected chi connectivity index (χ3v) is 9.26. The Balaban J connectivity index is 1.72. The molecule has 4 fully saturated rings. The number of hydrogen-bond donors (Lipinski definition) is 1. The third-order valence-electron chi connectivity index (χ3n) is 9.26. The van der Waals surface area contributed by atoms with E-state index in [1.807, 2.05) is 0 Å². The van der Waals surface area contributed by atoms with Crippen LogP contribution in [0.1, 0.15) is 38.2 Å². The zero-order valence-electron chi connectivity index (χ0n) is 14.8. The predicted molar refractivity (Wildman–Crippen MR) is 95.3 cm³/mol. The molecule has 2 saturated heterocycles. The lowest BCUT2D eigenvalue weighted by atomic mass is 9.56. The van der Waals surface area contributed by atoms with Crippen molar-refractivity contribution in [2.24, 2.45) is 17.3 Å². The van der Waals surface area contributed by atoms with Crippen molar-refractivity contribution in [2.45, 2.75) is 49.6 Å². The summed E-state index contributed by atoms with van der Waals surface area (Å²) in [6.45, 7) is 5.41. The van der Waals surface area contributed by atoms with Gasteiger partial charge in [-0.1, -0.05) is 25.1 Å². The molecule has 1 aromatic rings. The number of benzene rings is 1. The molecule has 1 N–H and O–H groups in total. The summed E-state index contributed by atoms with van der Waals surface area (Å²) >= 11 is 0. The SMILES string of the molecule is C[C@@H]1[C@]23CCCN4CC[C@@]5(c6ccccc6N(C)[C@@]15[C@@H](CO)C2)[C@@H]43. The summed E-state index contributed by atoms with van der Waals surface area (Å²) in [7, 11) is 2.33. The lowest BCUT2D eigenvalue weighted by Crippen LogP contribution is -2.65. The number of para-hydroxylation sites is 1. The van der Waals surface area contributed by atoms with Crippen molar-refractivity contribution in [1.29, 1.82) is 0 Å². The minimum Gasteiger partial charge on any atom is -0.396 e. The number of nitrogens with zero attached hydrogens (tertiary/aromatic N) is 2. The standard InChI is InChI=1S/C21H28N2O/c1-14-19-8-5-10-23-11-9-20(18(19)23)16-6-3-4-7-17(16)22(2)21(14,20)15(12-19)13-24/h3-4,6-7,14-15,18,24H,5,8-13H2,1-2H3/t14-,15-,18+,19+,20-,21-/m1/s1. The van der Waals surface area contributed by atoms with Gasteiger partial charge in [0.2, 0.25) is 0 Å². The van der Waals surface area contributed by atoms with Gasteiger partial charge in [-0.25, -0.2) is 0 Å². The average Bonchev–Trinajstić information content (AvgIpc) is 3.25. The first-order valence-electron chi connectivity index (χ1n) is 9.83. The quantitative estimate of drug-likeness (QED) is 0.860. The van der Waals surface area contributed by atoms with Gasteiger partial charge in [0.05, 0.1) is 5.54 Å². The first kappa shape index (κ1) is 14.1. The van der Waals surface area contributed by atoms with Crippen LogP contribution in [0.2, 0.25) is 0 Å².